The SMILES string of the molecule is CCOC(CCN1CCN(c2ccccn2)CC1)OCC. The highest BCUT2D eigenvalue weighted by Crippen LogP contribution is 2.13. The molecule has 0 bridgehead atoms. The van der Waals surface area contributed by atoms with Gasteiger partial charge in [0.1, 0.15) is 5.82 Å². The lowest BCUT2D eigenvalue weighted by Crippen LogP contribution is -2.47. The number of anilines is 1. The van der Waals surface area contributed by atoms with Crippen molar-refractivity contribution in [3.63, 3.8) is 0 Å². The van der Waals surface area contributed by atoms with Gasteiger partial charge in [-0.2, -0.15) is 0 Å². The van der Waals surface area contributed by atoms with E-state index in [2.05, 4.69) is 20.9 Å². The van der Waals surface area contributed by atoms with Crippen LogP contribution in [0, 0.1) is 0 Å². The number of hydrogen-bond donors (Lipinski definition) is 0. The average Bonchev–Trinajstić information content (AvgIpc) is 2.54. The normalized spacial score (nSPS) is 16.6. The standard InChI is InChI=1S/C16H27N3O2/c1-3-20-16(21-4-2)8-10-18-11-13-19(14-12-18)15-7-5-6-9-17-15/h5-7,9,16H,3-4,8,10-14H2,1-2H3. The van der Waals surface area contributed by atoms with Crippen LogP contribution in [0.3, 0.4) is 0 Å². The fraction of sp³-hybridized carbons (Fsp3) is 0.688. The van der Waals surface area contributed by atoms with Gasteiger partial charge >= 0.3 is 0 Å². The van der Waals surface area contributed by atoms with Crippen molar-refractivity contribution in [2.24, 2.45) is 0 Å². The quantitative estimate of drug-likeness (QED) is 0.685. The van der Waals surface area contributed by atoms with E-state index in [1.54, 1.807) is 0 Å². The number of aromatic nitrogens is 1. The fourth-order valence-electron chi connectivity index (χ4n) is 2.62. The van der Waals surface area contributed by atoms with E-state index in [1.807, 2.05) is 32.2 Å². The van der Waals surface area contributed by atoms with E-state index in [4.69, 9.17) is 9.47 Å². The molecule has 5 heteroatoms. The smallest absolute Gasteiger partial charge is 0.158 e. The molecule has 0 atom stereocenters. The van der Waals surface area contributed by atoms with Crippen molar-refractivity contribution in [3.05, 3.63) is 24.4 Å². The van der Waals surface area contributed by atoms with Crippen LogP contribution in [-0.2, 0) is 9.47 Å². The number of rotatable bonds is 8. The van der Waals surface area contributed by atoms with Crippen LogP contribution in [0.2, 0.25) is 0 Å². The third-order valence-corrected chi connectivity index (χ3v) is 3.73. The first kappa shape index (κ1) is 16.2. The number of piperazine rings is 1. The molecule has 118 valence electrons. The molecular weight excluding hydrogens is 266 g/mol. The summed E-state index contributed by atoms with van der Waals surface area (Å²) in [6, 6.07) is 6.08. The Hall–Kier alpha value is -1.17. The molecule has 0 unspecified atom stereocenters. The Morgan fingerprint density at radius 1 is 1.10 bits per heavy atom. The molecule has 5 nitrogen and oxygen atoms in total. The number of ether oxygens (including phenoxy) is 2. The molecule has 0 aliphatic carbocycles. The third kappa shape index (κ3) is 5.26. The monoisotopic (exact) mass is 293 g/mol. The van der Waals surface area contributed by atoms with Gasteiger partial charge in [0.25, 0.3) is 0 Å². The van der Waals surface area contributed by atoms with Gasteiger partial charge in [-0.3, -0.25) is 4.90 Å². The Kier molecular flexibility index (Phi) is 6.92. The summed E-state index contributed by atoms with van der Waals surface area (Å²) in [6.45, 7) is 10.7. The minimum Gasteiger partial charge on any atom is -0.354 e. The summed E-state index contributed by atoms with van der Waals surface area (Å²) < 4.78 is 11.2. The molecule has 0 aromatic carbocycles. The van der Waals surface area contributed by atoms with Crippen molar-refractivity contribution in [3.8, 4) is 0 Å². The molecule has 1 aromatic rings. The molecule has 0 saturated carbocycles. The first-order valence-corrected chi connectivity index (χ1v) is 7.95. The van der Waals surface area contributed by atoms with E-state index in [1.165, 1.54) is 0 Å². The molecule has 1 aliphatic rings. The highest BCUT2D eigenvalue weighted by atomic mass is 16.7. The minimum absolute atomic E-state index is 0.0613. The zero-order valence-electron chi connectivity index (χ0n) is 13.2. The highest BCUT2D eigenvalue weighted by molar-refractivity contribution is 5.38. The molecule has 0 radical (unpaired) electrons. The lowest BCUT2D eigenvalue weighted by Gasteiger charge is -2.35. The van der Waals surface area contributed by atoms with Gasteiger partial charge in [0, 0.05) is 58.6 Å². The lowest BCUT2D eigenvalue weighted by atomic mass is 10.2. The summed E-state index contributed by atoms with van der Waals surface area (Å²) in [7, 11) is 0. The molecule has 0 amide bonds. The zero-order chi connectivity index (χ0) is 14.9. The van der Waals surface area contributed by atoms with Crippen LogP contribution in [-0.4, -0.2) is 62.1 Å². The average molecular weight is 293 g/mol. The Balaban J connectivity index is 1.71. The van der Waals surface area contributed by atoms with Gasteiger partial charge in [-0.1, -0.05) is 6.07 Å². The minimum atomic E-state index is -0.0613. The van der Waals surface area contributed by atoms with Crippen molar-refractivity contribution >= 4 is 5.82 Å². The molecule has 21 heavy (non-hydrogen) atoms. The van der Waals surface area contributed by atoms with Crippen LogP contribution >= 0.6 is 0 Å². The largest absolute Gasteiger partial charge is 0.354 e. The van der Waals surface area contributed by atoms with E-state index in [9.17, 15) is 0 Å². The van der Waals surface area contributed by atoms with Crippen molar-refractivity contribution in [1.82, 2.24) is 9.88 Å². The first-order valence-electron chi connectivity index (χ1n) is 7.95. The van der Waals surface area contributed by atoms with Crippen LogP contribution in [0.4, 0.5) is 5.82 Å². The number of hydrogen-bond acceptors (Lipinski definition) is 5. The number of pyridine rings is 1. The van der Waals surface area contributed by atoms with E-state index >= 15 is 0 Å². The Bertz CT molecular complexity index is 374. The first-order chi connectivity index (χ1) is 10.3. The van der Waals surface area contributed by atoms with Crippen molar-refractivity contribution in [2.75, 3.05) is 50.8 Å². The molecule has 2 rings (SSSR count). The van der Waals surface area contributed by atoms with E-state index in [-0.39, 0.29) is 6.29 Å². The molecule has 1 fully saturated rings. The molecular formula is C16H27N3O2. The van der Waals surface area contributed by atoms with Gasteiger partial charge in [0.15, 0.2) is 6.29 Å². The summed E-state index contributed by atoms with van der Waals surface area (Å²) in [5, 5.41) is 0. The topological polar surface area (TPSA) is 37.8 Å². The maximum atomic E-state index is 5.59. The Morgan fingerprint density at radius 3 is 2.38 bits per heavy atom. The van der Waals surface area contributed by atoms with Gasteiger partial charge in [0.05, 0.1) is 0 Å². The molecule has 1 aliphatic heterocycles. The highest BCUT2D eigenvalue weighted by Gasteiger charge is 2.19. The Labute approximate surface area is 127 Å². The molecule has 2 heterocycles. The van der Waals surface area contributed by atoms with E-state index in [0.717, 1.165) is 45.0 Å². The second-order valence-corrected chi connectivity index (χ2v) is 5.15. The van der Waals surface area contributed by atoms with E-state index < -0.39 is 0 Å². The maximum absolute atomic E-state index is 5.59. The van der Waals surface area contributed by atoms with Gasteiger partial charge in [-0.25, -0.2) is 4.98 Å². The number of nitrogens with zero attached hydrogens (tertiary/aromatic N) is 3. The summed E-state index contributed by atoms with van der Waals surface area (Å²) in [4.78, 5) is 9.24. The summed E-state index contributed by atoms with van der Waals surface area (Å²) in [5.74, 6) is 1.08. The fourth-order valence-corrected chi connectivity index (χ4v) is 2.62. The van der Waals surface area contributed by atoms with Crippen molar-refractivity contribution in [1.29, 1.82) is 0 Å². The zero-order valence-corrected chi connectivity index (χ0v) is 13.2. The van der Waals surface area contributed by atoms with Crippen LogP contribution in [0.5, 0.6) is 0 Å². The van der Waals surface area contributed by atoms with Crippen LogP contribution < -0.4 is 4.90 Å². The summed E-state index contributed by atoms with van der Waals surface area (Å²) in [5.41, 5.74) is 0. The van der Waals surface area contributed by atoms with Gasteiger partial charge < -0.3 is 14.4 Å². The maximum Gasteiger partial charge on any atom is 0.158 e. The molecule has 0 N–H and O–H groups in total. The second kappa shape index (κ2) is 8.97. The van der Waals surface area contributed by atoms with Crippen LogP contribution in [0.15, 0.2) is 24.4 Å². The summed E-state index contributed by atoms with van der Waals surface area (Å²) >= 11 is 0. The van der Waals surface area contributed by atoms with Crippen LogP contribution in [0.1, 0.15) is 20.3 Å². The van der Waals surface area contributed by atoms with Crippen molar-refractivity contribution < 1.29 is 9.47 Å². The molecule has 1 aromatic heterocycles. The Morgan fingerprint density at radius 2 is 1.81 bits per heavy atom. The van der Waals surface area contributed by atoms with Gasteiger partial charge in [0.2, 0.25) is 0 Å². The van der Waals surface area contributed by atoms with Gasteiger partial charge in [-0.05, 0) is 26.0 Å². The predicted octanol–water partition coefficient (Wildman–Crippen LogP) is 1.99. The molecule has 1 saturated heterocycles. The lowest BCUT2D eigenvalue weighted by molar-refractivity contribution is -0.141. The van der Waals surface area contributed by atoms with Crippen LogP contribution in [0.25, 0.3) is 0 Å². The second-order valence-electron chi connectivity index (χ2n) is 5.15. The van der Waals surface area contributed by atoms with E-state index in [0.29, 0.717) is 13.2 Å². The van der Waals surface area contributed by atoms with Crippen molar-refractivity contribution in [2.45, 2.75) is 26.6 Å². The predicted molar refractivity (Wildman–Crippen MR) is 84.5 cm³/mol. The summed E-state index contributed by atoms with van der Waals surface area (Å²) in [6.07, 6.45) is 2.73. The molecule has 0 spiro atoms. The third-order valence-electron chi connectivity index (χ3n) is 3.73. The van der Waals surface area contributed by atoms with Gasteiger partial charge in [-0.15, -0.1) is 0 Å².